The van der Waals surface area contributed by atoms with Crippen LogP contribution in [0.2, 0.25) is 0 Å². The van der Waals surface area contributed by atoms with Gasteiger partial charge in [0.2, 0.25) is 5.91 Å². The zero-order valence-corrected chi connectivity index (χ0v) is 17.0. The molecule has 0 unspecified atom stereocenters. The van der Waals surface area contributed by atoms with Crippen molar-refractivity contribution in [2.45, 2.75) is 38.5 Å². The maximum Gasteiger partial charge on any atom is 0.306 e. The first-order valence-electron chi connectivity index (χ1n) is 10.3. The maximum atomic E-state index is 12.7. The quantitative estimate of drug-likeness (QED) is 0.468. The van der Waals surface area contributed by atoms with E-state index in [0.717, 1.165) is 11.1 Å². The van der Waals surface area contributed by atoms with E-state index in [-0.39, 0.29) is 25.3 Å². The van der Waals surface area contributed by atoms with E-state index in [0.29, 0.717) is 25.7 Å². The Kier molecular flexibility index (Phi) is 9.58. The van der Waals surface area contributed by atoms with Crippen molar-refractivity contribution in [3.63, 3.8) is 0 Å². The molecule has 1 amide bonds. The van der Waals surface area contributed by atoms with Crippen LogP contribution < -0.4 is 5.32 Å². The number of carbonyl (C=O) groups is 3. The third kappa shape index (κ3) is 8.47. The molecule has 0 radical (unpaired) electrons. The number of carboxylic acids is 2. The Balaban J connectivity index is 2.02. The van der Waals surface area contributed by atoms with Gasteiger partial charge in [-0.15, -0.1) is 0 Å². The van der Waals surface area contributed by atoms with Crippen LogP contribution >= 0.6 is 0 Å². The SMILES string of the molecule is O=C(O)CCNC(=O)[C@H](CCc1ccccc1)C[C@@H](CCc1ccccc1)C(=O)O. The Morgan fingerprint density at radius 3 is 1.73 bits per heavy atom. The summed E-state index contributed by atoms with van der Waals surface area (Å²) in [6.07, 6.45) is 2.32. The lowest BCUT2D eigenvalue weighted by Crippen LogP contribution is -2.35. The lowest BCUT2D eigenvalue weighted by Gasteiger charge is -2.21. The van der Waals surface area contributed by atoms with Gasteiger partial charge in [-0.1, -0.05) is 60.7 Å². The molecule has 2 aromatic carbocycles. The average molecular weight is 411 g/mol. The molecule has 0 aliphatic carbocycles. The minimum atomic E-state index is -0.984. The summed E-state index contributed by atoms with van der Waals surface area (Å²) in [4.78, 5) is 35.2. The number of aliphatic carboxylic acids is 2. The molecule has 2 rings (SSSR count). The molecule has 2 aromatic rings. The van der Waals surface area contributed by atoms with E-state index < -0.39 is 23.8 Å². The van der Waals surface area contributed by atoms with Crippen LogP contribution in [-0.4, -0.2) is 34.6 Å². The Hall–Kier alpha value is -3.15. The number of carboxylic acid groups (broad SMARTS) is 2. The van der Waals surface area contributed by atoms with E-state index in [1.54, 1.807) is 0 Å². The minimum Gasteiger partial charge on any atom is -0.481 e. The molecule has 0 aliphatic heterocycles. The van der Waals surface area contributed by atoms with Crippen LogP contribution in [0.5, 0.6) is 0 Å². The predicted octanol–water partition coefficient (Wildman–Crippen LogP) is 3.55. The van der Waals surface area contributed by atoms with Crippen molar-refractivity contribution in [3.8, 4) is 0 Å². The molecule has 3 N–H and O–H groups in total. The van der Waals surface area contributed by atoms with Crippen molar-refractivity contribution in [1.82, 2.24) is 5.32 Å². The fourth-order valence-corrected chi connectivity index (χ4v) is 3.45. The van der Waals surface area contributed by atoms with Crippen LogP contribution in [0.1, 0.15) is 36.8 Å². The first kappa shape index (κ1) is 23.1. The van der Waals surface area contributed by atoms with E-state index >= 15 is 0 Å². The molecule has 6 nitrogen and oxygen atoms in total. The summed E-state index contributed by atoms with van der Waals surface area (Å²) < 4.78 is 0. The Morgan fingerprint density at radius 2 is 1.27 bits per heavy atom. The smallest absolute Gasteiger partial charge is 0.306 e. The molecule has 160 valence electrons. The van der Waals surface area contributed by atoms with Crippen LogP contribution in [0.25, 0.3) is 0 Å². The molecule has 0 saturated carbocycles. The van der Waals surface area contributed by atoms with Crippen LogP contribution in [0, 0.1) is 11.8 Å². The molecular weight excluding hydrogens is 382 g/mol. The highest BCUT2D eigenvalue weighted by molar-refractivity contribution is 5.80. The summed E-state index contributed by atoms with van der Waals surface area (Å²) in [5.74, 6) is -3.30. The van der Waals surface area contributed by atoms with E-state index in [4.69, 9.17) is 5.11 Å². The number of rotatable bonds is 13. The molecular formula is C24H29NO5. The van der Waals surface area contributed by atoms with Crippen molar-refractivity contribution < 1.29 is 24.6 Å². The Labute approximate surface area is 176 Å². The van der Waals surface area contributed by atoms with Crippen LogP contribution in [-0.2, 0) is 27.2 Å². The average Bonchev–Trinajstić information content (AvgIpc) is 2.74. The van der Waals surface area contributed by atoms with Gasteiger partial charge in [0.1, 0.15) is 0 Å². The highest BCUT2D eigenvalue weighted by Gasteiger charge is 2.27. The lowest BCUT2D eigenvalue weighted by atomic mass is 9.86. The molecule has 0 aliphatic rings. The van der Waals surface area contributed by atoms with E-state index in [2.05, 4.69) is 5.32 Å². The number of benzene rings is 2. The second-order valence-corrected chi connectivity index (χ2v) is 7.45. The molecule has 0 heterocycles. The van der Waals surface area contributed by atoms with Crippen molar-refractivity contribution >= 4 is 17.8 Å². The maximum absolute atomic E-state index is 12.7. The molecule has 30 heavy (non-hydrogen) atoms. The van der Waals surface area contributed by atoms with Gasteiger partial charge in [0.25, 0.3) is 0 Å². The highest BCUT2D eigenvalue weighted by atomic mass is 16.4. The van der Waals surface area contributed by atoms with Crippen molar-refractivity contribution in [2.24, 2.45) is 11.8 Å². The minimum absolute atomic E-state index is 0.0394. The summed E-state index contributed by atoms with van der Waals surface area (Å²) in [7, 11) is 0. The molecule has 0 bridgehead atoms. The van der Waals surface area contributed by atoms with E-state index in [1.165, 1.54) is 0 Å². The largest absolute Gasteiger partial charge is 0.481 e. The lowest BCUT2D eigenvalue weighted by molar-refractivity contribution is -0.143. The number of carbonyl (C=O) groups excluding carboxylic acids is 1. The third-order valence-corrected chi connectivity index (χ3v) is 5.18. The van der Waals surface area contributed by atoms with Crippen LogP contribution in [0.3, 0.4) is 0 Å². The zero-order valence-electron chi connectivity index (χ0n) is 17.0. The van der Waals surface area contributed by atoms with Gasteiger partial charge in [-0.3, -0.25) is 14.4 Å². The molecule has 2 atom stereocenters. The Morgan fingerprint density at radius 1 is 0.767 bits per heavy atom. The first-order chi connectivity index (χ1) is 14.5. The van der Waals surface area contributed by atoms with Crippen molar-refractivity contribution in [1.29, 1.82) is 0 Å². The Bertz CT molecular complexity index is 807. The molecule has 0 spiro atoms. The van der Waals surface area contributed by atoms with E-state index in [1.807, 2.05) is 60.7 Å². The van der Waals surface area contributed by atoms with Gasteiger partial charge >= 0.3 is 11.9 Å². The van der Waals surface area contributed by atoms with Gasteiger partial charge < -0.3 is 15.5 Å². The first-order valence-corrected chi connectivity index (χ1v) is 10.3. The number of aryl methyl sites for hydroxylation is 2. The normalized spacial score (nSPS) is 12.7. The molecule has 6 heteroatoms. The van der Waals surface area contributed by atoms with Crippen LogP contribution in [0.4, 0.5) is 0 Å². The number of amides is 1. The van der Waals surface area contributed by atoms with Gasteiger partial charge in [-0.05, 0) is 43.2 Å². The summed E-state index contributed by atoms with van der Waals surface area (Å²) in [5.41, 5.74) is 2.15. The second-order valence-electron chi connectivity index (χ2n) is 7.45. The van der Waals surface area contributed by atoms with Gasteiger partial charge in [0, 0.05) is 12.5 Å². The summed E-state index contributed by atoms with van der Waals surface area (Å²) in [6, 6.07) is 19.4. The zero-order chi connectivity index (χ0) is 21.8. The van der Waals surface area contributed by atoms with E-state index in [9.17, 15) is 19.5 Å². The predicted molar refractivity (Wildman–Crippen MR) is 114 cm³/mol. The standard InChI is InChI=1S/C24H29NO5/c26-22(27)15-16-25-23(28)20(13-11-18-7-3-1-4-8-18)17-21(24(29)30)14-12-19-9-5-2-6-10-19/h1-10,20-21H,11-17H2,(H,25,28)(H,26,27)(H,29,30)/t20-,21-/m1/s1. The van der Waals surface area contributed by atoms with Crippen LogP contribution in [0.15, 0.2) is 60.7 Å². The molecule has 0 fully saturated rings. The second kappa shape index (κ2) is 12.4. The summed E-state index contributed by atoms with van der Waals surface area (Å²) in [5, 5.41) is 21.1. The number of hydrogen-bond donors (Lipinski definition) is 3. The third-order valence-electron chi connectivity index (χ3n) is 5.18. The topological polar surface area (TPSA) is 104 Å². The van der Waals surface area contributed by atoms with Gasteiger partial charge in [0.05, 0.1) is 12.3 Å². The van der Waals surface area contributed by atoms with Gasteiger partial charge in [-0.2, -0.15) is 0 Å². The monoisotopic (exact) mass is 411 g/mol. The molecule has 0 saturated heterocycles. The number of nitrogens with one attached hydrogen (secondary N) is 1. The highest BCUT2D eigenvalue weighted by Crippen LogP contribution is 2.23. The summed E-state index contributed by atoms with van der Waals surface area (Å²) in [6.45, 7) is 0.0394. The molecule has 0 aromatic heterocycles. The van der Waals surface area contributed by atoms with Gasteiger partial charge in [0.15, 0.2) is 0 Å². The fourth-order valence-electron chi connectivity index (χ4n) is 3.45. The summed E-state index contributed by atoms with van der Waals surface area (Å²) >= 11 is 0. The fraction of sp³-hybridized carbons (Fsp3) is 0.375. The van der Waals surface area contributed by atoms with Crippen molar-refractivity contribution in [3.05, 3.63) is 71.8 Å². The van der Waals surface area contributed by atoms with Gasteiger partial charge in [-0.25, -0.2) is 0 Å². The van der Waals surface area contributed by atoms with Crippen molar-refractivity contribution in [2.75, 3.05) is 6.54 Å². The number of hydrogen-bond acceptors (Lipinski definition) is 3.